The minimum atomic E-state index is -0.342. The van der Waals surface area contributed by atoms with Crippen LogP contribution in [0.3, 0.4) is 0 Å². The van der Waals surface area contributed by atoms with Gasteiger partial charge < -0.3 is 5.32 Å². The first-order valence-corrected chi connectivity index (χ1v) is 6.46. The molecule has 7 heteroatoms. The summed E-state index contributed by atoms with van der Waals surface area (Å²) in [5.74, 6) is -0.342. The molecule has 1 N–H and O–H groups in total. The molecule has 1 amide bonds. The maximum atomic E-state index is 12.3. The van der Waals surface area contributed by atoms with Crippen LogP contribution in [-0.2, 0) is 0 Å². The number of hydrogen-bond acceptors (Lipinski definition) is 3. The van der Waals surface area contributed by atoms with E-state index in [1.165, 1.54) is 4.52 Å². The molecule has 0 bridgehead atoms. The molecule has 0 radical (unpaired) electrons. The van der Waals surface area contributed by atoms with Crippen LogP contribution in [0, 0.1) is 0 Å². The van der Waals surface area contributed by atoms with Crippen molar-refractivity contribution >= 4 is 40.4 Å². The Morgan fingerprint density at radius 2 is 2.00 bits per heavy atom. The highest BCUT2D eigenvalue weighted by Gasteiger charge is 2.13. The molecule has 2 aromatic heterocycles. The molecule has 3 rings (SSSR count). The maximum absolute atomic E-state index is 12.3. The molecule has 0 unspecified atom stereocenters. The van der Waals surface area contributed by atoms with Crippen LogP contribution < -0.4 is 5.32 Å². The van der Waals surface area contributed by atoms with Gasteiger partial charge in [0, 0.05) is 17.3 Å². The van der Waals surface area contributed by atoms with Crippen LogP contribution in [0.15, 0.2) is 42.7 Å². The van der Waals surface area contributed by atoms with Crippen molar-refractivity contribution < 1.29 is 4.79 Å². The number of anilines is 1. The van der Waals surface area contributed by atoms with E-state index in [4.69, 9.17) is 23.2 Å². The van der Waals surface area contributed by atoms with Crippen molar-refractivity contribution in [1.29, 1.82) is 0 Å². The van der Waals surface area contributed by atoms with Gasteiger partial charge in [0.05, 0.1) is 16.9 Å². The first-order chi connectivity index (χ1) is 9.65. The van der Waals surface area contributed by atoms with Gasteiger partial charge in [-0.15, -0.1) is 0 Å². The fraction of sp³-hybridized carbons (Fsp3) is 0. The van der Waals surface area contributed by atoms with Gasteiger partial charge in [0.15, 0.2) is 5.65 Å². The Kier molecular flexibility index (Phi) is 3.30. The van der Waals surface area contributed by atoms with Crippen molar-refractivity contribution in [2.24, 2.45) is 0 Å². The molecule has 0 saturated carbocycles. The molecule has 0 saturated heterocycles. The van der Waals surface area contributed by atoms with Gasteiger partial charge >= 0.3 is 0 Å². The Morgan fingerprint density at radius 1 is 1.15 bits per heavy atom. The minimum Gasteiger partial charge on any atom is -0.319 e. The smallest absolute Gasteiger partial charge is 0.274 e. The Balaban J connectivity index is 1.97. The van der Waals surface area contributed by atoms with E-state index < -0.39 is 0 Å². The number of aromatic nitrogens is 3. The van der Waals surface area contributed by atoms with Gasteiger partial charge in [-0.25, -0.2) is 9.50 Å². The van der Waals surface area contributed by atoms with Crippen molar-refractivity contribution in [3.05, 3.63) is 58.5 Å². The molecule has 0 fully saturated rings. The van der Waals surface area contributed by atoms with E-state index in [1.807, 2.05) is 0 Å². The summed E-state index contributed by atoms with van der Waals surface area (Å²) in [6.07, 6.45) is 3.12. The van der Waals surface area contributed by atoms with Crippen LogP contribution in [0.25, 0.3) is 5.65 Å². The van der Waals surface area contributed by atoms with Crippen LogP contribution in [0.5, 0.6) is 0 Å². The number of fused-ring (bicyclic) bond motifs is 1. The predicted octanol–water partition coefficient (Wildman–Crippen LogP) is 3.29. The lowest BCUT2D eigenvalue weighted by molar-refractivity contribution is 0.102. The molecule has 3 aromatic rings. The Hall–Kier alpha value is -2.11. The molecule has 0 aliphatic rings. The minimum absolute atomic E-state index is 0.342. The van der Waals surface area contributed by atoms with Crippen LogP contribution in [0.4, 0.5) is 5.69 Å². The van der Waals surface area contributed by atoms with Gasteiger partial charge in [-0.2, -0.15) is 5.10 Å². The zero-order chi connectivity index (χ0) is 14.1. The van der Waals surface area contributed by atoms with Crippen LogP contribution in [-0.4, -0.2) is 20.5 Å². The monoisotopic (exact) mass is 306 g/mol. The summed E-state index contributed by atoms with van der Waals surface area (Å²) < 4.78 is 1.45. The lowest BCUT2D eigenvalue weighted by Gasteiger charge is -2.08. The zero-order valence-corrected chi connectivity index (χ0v) is 11.6. The average Bonchev–Trinajstić information content (AvgIpc) is 2.91. The third-order valence-electron chi connectivity index (χ3n) is 2.70. The Bertz CT molecular complexity index is 800. The molecule has 20 heavy (non-hydrogen) atoms. The quantitative estimate of drug-likeness (QED) is 0.790. The topological polar surface area (TPSA) is 59.3 Å². The van der Waals surface area contributed by atoms with E-state index in [2.05, 4.69) is 15.4 Å². The van der Waals surface area contributed by atoms with E-state index >= 15 is 0 Å². The number of nitrogens with zero attached hydrogens (tertiary/aromatic N) is 3. The lowest BCUT2D eigenvalue weighted by atomic mass is 10.3. The van der Waals surface area contributed by atoms with E-state index in [0.29, 0.717) is 27.1 Å². The SMILES string of the molecule is O=C(Nc1cc(Cl)ccc1Cl)c1ccnc2ccnn12. The van der Waals surface area contributed by atoms with Gasteiger partial charge in [0.1, 0.15) is 5.69 Å². The summed E-state index contributed by atoms with van der Waals surface area (Å²) in [5.41, 5.74) is 1.40. The number of amides is 1. The molecule has 0 aliphatic carbocycles. The molecule has 100 valence electrons. The van der Waals surface area contributed by atoms with Gasteiger partial charge in [0.2, 0.25) is 0 Å². The number of hydrogen-bond donors (Lipinski definition) is 1. The molecular weight excluding hydrogens is 299 g/mol. The third-order valence-corrected chi connectivity index (χ3v) is 3.26. The highest BCUT2D eigenvalue weighted by molar-refractivity contribution is 6.35. The molecule has 2 heterocycles. The summed E-state index contributed by atoms with van der Waals surface area (Å²) >= 11 is 11.9. The number of benzene rings is 1. The predicted molar refractivity (Wildman–Crippen MR) is 77.4 cm³/mol. The summed E-state index contributed by atoms with van der Waals surface area (Å²) in [4.78, 5) is 16.4. The summed E-state index contributed by atoms with van der Waals surface area (Å²) in [7, 11) is 0. The molecule has 0 aliphatic heterocycles. The van der Waals surface area contributed by atoms with Crippen molar-refractivity contribution in [2.45, 2.75) is 0 Å². The zero-order valence-electron chi connectivity index (χ0n) is 10.0. The largest absolute Gasteiger partial charge is 0.319 e. The summed E-state index contributed by atoms with van der Waals surface area (Å²) in [6.45, 7) is 0. The normalized spacial score (nSPS) is 10.7. The lowest BCUT2D eigenvalue weighted by Crippen LogP contribution is -2.17. The molecule has 5 nitrogen and oxygen atoms in total. The van der Waals surface area contributed by atoms with Crippen molar-refractivity contribution in [3.63, 3.8) is 0 Å². The van der Waals surface area contributed by atoms with Gasteiger partial charge in [0.25, 0.3) is 5.91 Å². The highest BCUT2D eigenvalue weighted by Crippen LogP contribution is 2.25. The highest BCUT2D eigenvalue weighted by atomic mass is 35.5. The fourth-order valence-electron chi connectivity index (χ4n) is 1.79. The number of nitrogens with one attached hydrogen (secondary N) is 1. The fourth-order valence-corrected chi connectivity index (χ4v) is 2.12. The van der Waals surface area contributed by atoms with E-state index in [1.54, 1.807) is 42.7 Å². The first kappa shape index (κ1) is 12.9. The van der Waals surface area contributed by atoms with Gasteiger partial charge in [-0.1, -0.05) is 23.2 Å². The molecule has 0 spiro atoms. The molecular formula is C13H8Cl2N4O. The van der Waals surface area contributed by atoms with Gasteiger partial charge in [-0.05, 0) is 24.3 Å². The second kappa shape index (κ2) is 5.11. The number of rotatable bonds is 2. The van der Waals surface area contributed by atoms with Gasteiger partial charge in [-0.3, -0.25) is 4.79 Å². The first-order valence-electron chi connectivity index (χ1n) is 5.70. The summed E-state index contributed by atoms with van der Waals surface area (Å²) in [5, 5.41) is 7.66. The van der Waals surface area contributed by atoms with Crippen molar-refractivity contribution in [2.75, 3.05) is 5.32 Å². The second-order valence-corrected chi connectivity index (χ2v) is 4.85. The second-order valence-electron chi connectivity index (χ2n) is 4.01. The van der Waals surface area contributed by atoms with Crippen LogP contribution in [0.1, 0.15) is 10.5 Å². The van der Waals surface area contributed by atoms with E-state index in [0.717, 1.165) is 0 Å². The standard InChI is InChI=1S/C13H8Cl2N4O/c14-8-1-2-9(15)10(7-8)18-13(20)11-3-5-16-12-4-6-17-19(11)12/h1-7H,(H,18,20). The third kappa shape index (κ3) is 2.33. The Morgan fingerprint density at radius 3 is 2.85 bits per heavy atom. The van der Waals surface area contributed by atoms with E-state index in [-0.39, 0.29) is 5.91 Å². The van der Waals surface area contributed by atoms with E-state index in [9.17, 15) is 4.79 Å². The molecule has 0 atom stereocenters. The number of halogens is 2. The summed E-state index contributed by atoms with van der Waals surface area (Å²) in [6, 6.07) is 8.15. The average molecular weight is 307 g/mol. The van der Waals surface area contributed by atoms with Crippen molar-refractivity contribution in [1.82, 2.24) is 14.6 Å². The maximum Gasteiger partial charge on any atom is 0.274 e. The molecule has 1 aromatic carbocycles. The number of carbonyl (C=O) groups excluding carboxylic acids is 1. The van der Waals surface area contributed by atoms with Crippen molar-refractivity contribution in [3.8, 4) is 0 Å². The number of carbonyl (C=O) groups is 1. The van der Waals surface area contributed by atoms with Crippen LogP contribution in [0.2, 0.25) is 10.0 Å². The van der Waals surface area contributed by atoms with Crippen LogP contribution >= 0.6 is 23.2 Å². The Labute approximate surface area is 124 Å².